The van der Waals surface area contributed by atoms with Gasteiger partial charge in [0.1, 0.15) is 49.3 Å². The van der Waals surface area contributed by atoms with E-state index in [2.05, 4.69) is 117 Å². The highest BCUT2D eigenvalue weighted by Crippen LogP contribution is 2.28. The first-order valence-corrected chi connectivity index (χ1v) is 15.9. The number of amides is 1. The Morgan fingerprint density at radius 2 is 1.30 bits per heavy atom. The Labute approximate surface area is 292 Å². The number of carbonyl (C=O) groups is 1. The number of hydrogen-bond donors (Lipinski definition) is 1. The van der Waals surface area contributed by atoms with Gasteiger partial charge in [-0.25, -0.2) is 27.4 Å². The van der Waals surface area contributed by atoms with Crippen molar-refractivity contribution in [1.29, 1.82) is 0 Å². The first kappa shape index (κ1) is 41.5. The number of nitrogens with one attached hydrogen (secondary N) is 1. The molecule has 3 aromatic heterocycles. The van der Waals surface area contributed by atoms with E-state index in [9.17, 15) is 4.79 Å². The van der Waals surface area contributed by atoms with Gasteiger partial charge in [-0.1, -0.05) is 40.5 Å². The maximum Gasteiger partial charge on any atom is 0.243 e. The molecule has 43 heavy (non-hydrogen) atoms. The number of unbranched alkanes of at least 4 members (excludes halogenated alkanes) is 2. The predicted octanol–water partition coefficient (Wildman–Crippen LogP) is -4.21. The van der Waals surface area contributed by atoms with Crippen LogP contribution in [0.1, 0.15) is 104 Å². The molecule has 0 saturated heterocycles. The Morgan fingerprint density at radius 3 is 1.86 bits per heavy atom. The van der Waals surface area contributed by atoms with Crippen LogP contribution in [0, 0.1) is 5.92 Å². The third-order valence-electron chi connectivity index (χ3n) is 8.30. The van der Waals surface area contributed by atoms with Gasteiger partial charge in [-0.3, -0.25) is 4.79 Å². The Morgan fingerprint density at radius 1 is 0.721 bits per heavy atom. The Kier molecular flexibility index (Phi) is 23.0. The Bertz CT molecular complexity index is 1100. The van der Waals surface area contributed by atoms with Gasteiger partial charge in [0.2, 0.25) is 25.4 Å². The summed E-state index contributed by atoms with van der Waals surface area (Å²) < 4.78 is 14.2. The fourth-order valence-corrected chi connectivity index (χ4v) is 5.76. The largest absolute Gasteiger partial charge is 1.00 e. The normalized spacial score (nSPS) is 12.8. The molecule has 0 aliphatic heterocycles. The molecule has 3 rings (SSSR count). The van der Waals surface area contributed by atoms with Crippen LogP contribution < -0.4 is 70.0 Å². The van der Waals surface area contributed by atoms with Crippen LogP contribution in [0.4, 0.5) is 0 Å². The molecular formula is C32H56Br3N7O. The summed E-state index contributed by atoms with van der Waals surface area (Å²) >= 11 is 0. The number of aryl methyl sites for hydroxylation is 3. The van der Waals surface area contributed by atoms with E-state index < -0.39 is 0 Å². The smallest absolute Gasteiger partial charge is 0.243 e. The third kappa shape index (κ3) is 14.5. The van der Waals surface area contributed by atoms with Crippen LogP contribution in [-0.2, 0) is 31.0 Å². The third-order valence-corrected chi connectivity index (χ3v) is 8.30. The summed E-state index contributed by atoms with van der Waals surface area (Å²) in [5, 5.41) is 2.76. The van der Waals surface area contributed by atoms with Gasteiger partial charge in [0, 0.05) is 18.9 Å². The molecule has 8 nitrogen and oxygen atoms in total. The molecule has 0 saturated carbocycles. The molecule has 3 aromatic rings. The fraction of sp³-hybridized carbons (Fsp3) is 0.688. The van der Waals surface area contributed by atoms with Gasteiger partial charge in [0.05, 0.1) is 26.2 Å². The summed E-state index contributed by atoms with van der Waals surface area (Å²) in [5.41, 5.74) is 0. The van der Waals surface area contributed by atoms with Crippen molar-refractivity contribution < 1.29 is 69.4 Å². The SMILES string of the molecule is CCCC[n+]1ccn(C(CC)CCC(CC(CC)n2cc[n+](CCCC)c2)C[n+]2ccn(CCCNC=O)c2)c1.[Br-].[Br-].[Br-]. The first-order valence-electron chi connectivity index (χ1n) is 15.9. The van der Waals surface area contributed by atoms with Crippen LogP contribution in [0.2, 0.25) is 0 Å². The molecule has 3 unspecified atom stereocenters. The lowest BCUT2D eigenvalue weighted by Gasteiger charge is -2.21. The summed E-state index contributed by atoms with van der Waals surface area (Å²) in [6.07, 6.45) is 32.8. The molecule has 11 heteroatoms. The standard InChI is InChI=1S/C32H55N7O.3BrH/c1-5-9-15-35-20-22-38(28-35)31(7-3)13-12-30(25-37-19-18-34(27-37)17-11-14-33-26-40)24-32(8-4)39-23-21-36(29-39)16-10-6-2;;;/h18-23,26-32H,5-17,24-25H2,1-4H3;3*1H/q+2;;;/p-2. The number of carbonyl (C=O) groups excluding carboxylic acids is 1. The van der Waals surface area contributed by atoms with E-state index in [0.717, 1.165) is 51.9 Å². The maximum atomic E-state index is 10.5. The van der Waals surface area contributed by atoms with Crippen molar-refractivity contribution in [1.82, 2.24) is 19.0 Å². The minimum absolute atomic E-state index is 0. The van der Waals surface area contributed by atoms with E-state index in [1.165, 1.54) is 44.9 Å². The number of hydrogen-bond acceptors (Lipinski definition) is 1. The lowest BCUT2D eigenvalue weighted by atomic mass is 9.91. The van der Waals surface area contributed by atoms with Crippen molar-refractivity contribution in [3.8, 4) is 0 Å². The number of aromatic nitrogens is 6. The predicted molar refractivity (Wildman–Crippen MR) is 158 cm³/mol. The van der Waals surface area contributed by atoms with Crippen LogP contribution in [0.3, 0.4) is 0 Å². The van der Waals surface area contributed by atoms with Crippen LogP contribution in [0.25, 0.3) is 0 Å². The summed E-state index contributed by atoms with van der Waals surface area (Å²) in [5.74, 6) is 0.589. The first-order chi connectivity index (χ1) is 19.6. The molecule has 0 fully saturated rings. The number of imidazole rings is 3. The average Bonchev–Trinajstić information content (AvgIpc) is 3.74. The molecule has 0 bridgehead atoms. The minimum Gasteiger partial charge on any atom is -1.00 e. The van der Waals surface area contributed by atoms with Gasteiger partial charge < -0.3 is 56.3 Å². The average molecular weight is 795 g/mol. The van der Waals surface area contributed by atoms with E-state index >= 15 is 0 Å². The molecule has 0 aromatic carbocycles. The molecule has 1 N–H and O–H groups in total. The lowest BCUT2D eigenvalue weighted by Crippen LogP contribution is -3.00. The molecule has 0 aliphatic rings. The van der Waals surface area contributed by atoms with Crippen molar-refractivity contribution in [3.05, 3.63) is 56.2 Å². The van der Waals surface area contributed by atoms with Crippen molar-refractivity contribution in [2.24, 2.45) is 5.92 Å². The topological polar surface area (TPSA) is 55.5 Å². The number of nitrogens with zero attached hydrogens (tertiary/aromatic N) is 6. The van der Waals surface area contributed by atoms with Crippen LogP contribution >= 0.6 is 0 Å². The van der Waals surface area contributed by atoms with Crippen molar-refractivity contribution in [2.75, 3.05) is 6.54 Å². The van der Waals surface area contributed by atoms with E-state index in [4.69, 9.17) is 0 Å². The highest BCUT2D eigenvalue weighted by molar-refractivity contribution is 5.45. The van der Waals surface area contributed by atoms with Gasteiger partial charge >= 0.3 is 0 Å². The van der Waals surface area contributed by atoms with Gasteiger partial charge in [0.15, 0.2) is 0 Å². The fourth-order valence-electron chi connectivity index (χ4n) is 5.76. The second-order valence-corrected chi connectivity index (χ2v) is 11.5. The minimum atomic E-state index is 0. The quantitative estimate of drug-likeness (QED) is 0.0628. The second-order valence-electron chi connectivity index (χ2n) is 11.5. The van der Waals surface area contributed by atoms with Crippen molar-refractivity contribution >= 4 is 6.41 Å². The highest BCUT2D eigenvalue weighted by atomic mass is 79.9. The zero-order valence-corrected chi connectivity index (χ0v) is 31.6. The summed E-state index contributed by atoms with van der Waals surface area (Å²) in [6.45, 7) is 14.0. The van der Waals surface area contributed by atoms with Crippen LogP contribution in [0.5, 0.6) is 0 Å². The van der Waals surface area contributed by atoms with Gasteiger partial charge in [0.25, 0.3) is 0 Å². The monoisotopic (exact) mass is 791 g/mol. The molecule has 0 radical (unpaired) electrons. The summed E-state index contributed by atoms with van der Waals surface area (Å²) in [4.78, 5) is 10.5. The number of rotatable bonds is 22. The van der Waals surface area contributed by atoms with E-state index in [1.807, 2.05) is 0 Å². The molecule has 1 amide bonds. The molecular weight excluding hydrogens is 738 g/mol. The van der Waals surface area contributed by atoms with Crippen LogP contribution in [0.15, 0.2) is 56.2 Å². The lowest BCUT2D eigenvalue weighted by molar-refractivity contribution is -0.703. The molecule has 246 valence electrons. The van der Waals surface area contributed by atoms with Crippen molar-refractivity contribution in [2.45, 2.75) is 130 Å². The van der Waals surface area contributed by atoms with Crippen molar-refractivity contribution in [3.63, 3.8) is 0 Å². The Balaban J connectivity index is 0.00000588. The van der Waals surface area contributed by atoms with E-state index in [1.54, 1.807) is 0 Å². The molecule has 0 aliphatic carbocycles. The highest BCUT2D eigenvalue weighted by Gasteiger charge is 2.25. The van der Waals surface area contributed by atoms with E-state index in [0.29, 0.717) is 24.5 Å². The van der Waals surface area contributed by atoms with E-state index in [-0.39, 0.29) is 50.9 Å². The maximum absolute atomic E-state index is 10.5. The molecule has 0 spiro atoms. The summed E-state index contributed by atoms with van der Waals surface area (Å²) in [7, 11) is 0. The second kappa shape index (κ2) is 23.9. The van der Waals surface area contributed by atoms with Gasteiger partial charge in [-0.15, -0.1) is 0 Å². The molecule has 3 atom stereocenters. The Hall–Kier alpha value is -1.46. The van der Waals surface area contributed by atoms with Crippen LogP contribution in [-0.4, -0.2) is 26.7 Å². The summed E-state index contributed by atoms with van der Waals surface area (Å²) in [6, 6.07) is 1.04. The number of halogens is 3. The van der Waals surface area contributed by atoms with Gasteiger partial charge in [-0.05, 0) is 44.9 Å². The zero-order valence-electron chi connectivity index (χ0n) is 26.8. The van der Waals surface area contributed by atoms with Gasteiger partial charge in [-0.2, -0.15) is 0 Å². The zero-order chi connectivity index (χ0) is 28.6. The molecule has 3 heterocycles.